The van der Waals surface area contributed by atoms with Gasteiger partial charge in [-0.2, -0.15) is 0 Å². The molecule has 1 atom stereocenters. The number of nitrogens with zero attached hydrogens (tertiary/aromatic N) is 1. The van der Waals surface area contributed by atoms with Crippen LogP contribution in [0, 0.1) is 0 Å². The highest BCUT2D eigenvalue weighted by Crippen LogP contribution is 2.14. The number of rotatable bonds is 3. The number of imidazole rings is 1. The molecule has 3 heteroatoms. The molecule has 1 heterocycles. The Labute approximate surface area is 72.0 Å². The predicted octanol–water partition coefficient (Wildman–Crippen LogP) is 2.66. The summed E-state index contributed by atoms with van der Waals surface area (Å²) in [6.07, 6.45) is 2.91. The molecule has 11 heavy (non-hydrogen) atoms. The molecule has 2 nitrogen and oxygen atoms in total. The molecule has 0 fully saturated rings. The lowest BCUT2D eigenvalue weighted by atomic mass is 10.1. The minimum Gasteiger partial charge on any atom is -0.345 e. The first kappa shape index (κ1) is 8.60. The van der Waals surface area contributed by atoms with Crippen LogP contribution in [0.2, 0.25) is 0 Å². The maximum absolute atomic E-state index is 5.62. The van der Waals surface area contributed by atoms with E-state index in [0.29, 0.717) is 11.8 Å². The maximum Gasteiger partial charge on any atom is 0.109 e. The third-order valence-electron chi connectivity index (χ3n) is 1.87. The lowest BCUT2D eigenvalue weighted by Gasteiger charge is -2.02. The number of H-pyrrole nitrogens is 1. The van der Waals surface area contributed by atoms with Gasteiger partial charge in [-0.05, 0) is 6.42 Å². The highest BCUT2D eigenvalue weighted by molar-refractivity contribution is 6.16. The van der Waals surface area contributed by atoms with Crippen molar-refractivity contribution in [3.63, 3.8) is 0 Å². The molecule has 1 rings (SSSR count). The van der Waals surface area contributed by atoms with E-state index in [1.165, 1.54) is 0 Å². The SMILES string of the molecule is CCC(C)c1ncc(CCl)[nH]1. The van der Waals surface area contributed by atoms with Gasteiger partial charge in [0, 0.05) is 17.8 Å². The maximum atomic E-state index is 5.62. The lowest BCUT2D eigenvalue weighted by Crippen LogP contribution is -1.93. The Kier molecular flexibility index (Phi) is 2.94. The third kappa shape index (κ3) is 1.96. The van der Waals surface area contributed by atoms with Crippen molar-refractivity contribution in [1.82, 2.24) is 9.97 Å². The smallest absolute Gasteiger partial charge is 0.109 e. The summed E-state index contributed by atoms with van der Waals surface area (Å²) in [6.45, 7) is 4.30. The van der Waals surface area contributed by atoms with E-state index in [0.717, 1.165) is 17.9 Å². The van der Waals surface area contributed by atoms with E-state index in [1.807, 2.05) is 0 Å². The summed E-state index contributed by atoms with van der Waals surface area (Å²) in [6, 6.07) is 0. The number of aromatic nitrogens is 2. The van der Waals surface area contributed by atoms with Gasteiger partial charge in [-0.1, -0.05) is 13.8 Å². The van der Waals surface area contributed by atoms with E-state index in [4.69, 9.17) is 11.6 Å². The van der Waals surface area contributed by atoms with Crippen LogP contribution in [-0.2, 0) is 5.88 Å². The molecule has 0 bridgehead atoms. The summed E-state index contributed by atoms with van der Waals surface area (Å²) < 4.78 is 0. The molecule has 0 aliphatic heterocycles. The largest absolute Gasteiger partial charge is 0.345 e. The van der Waals surface area contributed by atoms with Gasteiger partial charge in [0.05, 0.1) is 5.88 Å². The van der Waals surface area contributed by atoms with Gasteiger partial charge in [-0.3, -0.25) is 0 Å². The summed E-state index contributed by atoms with van der Waals surface area (Å²) in [7, 11) is 0. The van der Waals surface area contributed by atoms with Crippen molar-refractivity contribution in [2.45, 2.75) is 32.1 Å². The Morgan fingerprint density at radius 2 is 2.45 bits per heavy atom. The van der Waals surface area contributed by atoms with E-state index in [1.54, 1.807) is 6.20 Å². The van der Waals surface area contributed by atoms with Crippen molar-refractivity contribution in [3.05, 3.63) is 17.7 Å². The molecule has 1 aromatic rings. The molecule has 0 spiro atoms. The molecule has 62 valence electrons. The standard InChI is InChI=1S/C8H13ClN2/c1-3-6(2)8-10-5-7(4-9)11-8/h5-6H,3-4H2,1-2H3,(H,10,11). The molecule has 0 saturated heterocycles. The van der Waals surface area contributed by atoms with Gasteiger partial charge in [0.1, 0.15) is 5.82 Å². The molecule has 0 aliphatic carbocycles. The fourth-order valence-corrected chi connectivity index (χ4v) is 1.02. The van der Waals surface area contributed by atoms with Crippen molar-refractivity contribution >= 4 is 11.6 Å². The second-order valence-corrected chi connectivity index (χ2v) is 3.00. The highest BCUT2D eigenvalue weighted by Gasteiger charge is 2.05. The van der Waals surface area contributed by atoms with Crippen LogP contribution in [0.4, 0.5) is 0 Å². The monoisotopic (exact) mass is 172 g/mol. The van der Waals surface area contributed by atoms with E-state index < -0.39 is 0 Å². The zero-order chi connectivity index (χ0) is 8.27. The molecule has 0 radical (unpaired) electrons. The first-order valence-electron chi connectivity index (χ1n) is 3.87. The van der Waals surface area contributed by atoms with Gasteiger partial charge < -0.3 is 4.98 Å². The third-order valence-corrected chi connectivity index (χ3v) is 2.16. The number of aromatic amines is 1. The van der Waals surface area contributed by atoms with Crippen molar-refractivity contribution in [2.75, 3.05) is 0 Å². The molecular weight excluding hydrogens is 160 g/mol. The molecule has 0 amide bonds. The first-order valence-corrected chi connectivity index (χ1v) is 4.41. The van der Waals surface area contributed by atoms with Crippen molar-refractivity contribution in [1.29, 1.82) is 0 Å². The van der Waals surface area contributed by atoms with Crippen LogP contribution in [0.25, 0.3) is 0 Å². The first-order chi connectivity index (χ1) is 5.27. The summed E-state index contributed by atoms with van der Waals surface area (Å²) in [5, 5.41) is 0. The molecular formula is C8H13ClN2. The number of hydrogen-bond acceptors (Lipinski definition) is 1. The van der Waals surface area contributed by atoms with Crippen LogP contribution in [0.5, 0.6) is 0 Å². The number of alkyl halides is 1. The van der Waals surface area contributed by atoms with Gasteiger partial charge in [-0.15, -0.1) is 11.6 Å². The van der Waals surface area contributed by atoms with Crippen LogP contribution >= 0.6 is 11.6 Å². The zero-order valence-electron chi connectivity index (χ0n) is 6.89. The van der Waals surface area contributed by atoms with Gasteiger partial charge in [0.25, 0.3) is 0 Å². The highest BCUT2D eigenvalue weighted by atomic mass is 35.5. The van der Waals surface area contributed by atoms with Crippen LogP contribution < -0.4 is 0 Å². The van der Waals surface area contributed by atoms with Gasteiger partial charge in [0.2, 0.25) is 0 Å². The van der Waals surface area contributed by atoms with Crippen molar-refractivity contribution < 1.29 is 0 Å². The summed E-state index contributed by atoms with van der Waals surface area (Å²) in [5.74, 6) is 2.07. The Morgan fingerprint density at radius 3 is 2.91 bits per heavy atom. The molecule has 1 N–H and O–H groups in total. The fourth-order valence-electron chi connectivity index (χ4n) is 0.888. The van der Waals surface area contributed by atoms with Crippen LogP contribution in [0.3, 0.4) is 0 Å². The van der Waals surface area contributed by atoms with Gasteiger partial charge >= 0.3 is 0 Å². The zero-order valence-corrected chi connectivity index (χ0v) is 7.65. The molecule has 0 aromatic carbocycles. The molecule has 1 aromatic heterocycles. The minimum atomic E-state index is 0.506. The van der Waals surface area contributed by atoms with E-state index >= 15 is 0 Å². The summed E-state index contributed by atoms with van der Waals surface area (Å²) in [4.78, 5) is 7.39. The fraction of sp³-hybridized carbons (Fsp3) is 0.625. The van der Waals surface area contributed by atoms with Crippen LogP contribution in [0.1, 0.15) is 37.7 Å². The van der Waals surface area contributed by atoms with E-state index in [-0.39, 0.29) is 0 Å². The molecule has 0 aliphatic rings. The predicted molar refractivity (Wildman–Crippen MR) is 46.9 cm³/mol. The van der Waals surface area contributed by atoms with Crippen LogP contribution in [-0.4, -0.2) is 9.97 Å². The second-order valence-electron chi connectivity index (χ2n) is 2.74. The normalized spacial score (nSPS) is 13.4. The van der Waals surface area contributed by atoms with Gasteiger partial charge in [-0.25, -0.2) is 4.98 Å². The quantitative estimate of drug-likeness (QED) is 0.698. The Bertz CT molecular complexity index is 220. The number of nitrogens with one attached hydrogen (secondary N) is 1. The van der Waals surface area contributed by atoms with Crippen molar-refractivity contribution in [2.24, 2.45) is 0 Å². The minimum absolute atomic E-state index is 0.506. The van der Waals surface area contributed by atoms with Crippen LogP contribution in [0.15, 0.2) is 6.20 Å². The Morgan fingerprint density at radius 1 is 1.73 bits per heavy atom. The average molecular weight is 173 g/mol. The lowest BCUT2D eigenvalue weighted by molar-refractivity contribution is 0.688. The van der Waals surface area contributed by atoms with Gasteiger partial charge in [0.15, 0.2) is 0 Å². The number of halogens is 1. The van der Waals surface area contributed by atoms with E-state index in [2.05, 4.69) is 23.8 Å². The average Bonchev–Trinajstić information content (AvgIpc) is 2.50. The Hall–Kier alpha value is -0.500. The second kappa shape index (κ2) is 3.77. The summed E-state index contributed by atoms with van der Waals surface area (Å²) >= 11 is 5.62. The van der Waals surface area contributed by atoms with Crippen molar-refractivity contribution in [3.8, 4) is 0 Å². The summed E-state index contributed by atoms with van der Waals surface area (Å²) in [5.41, 5.74) is 1.00. The molecule has 1 unspecified atom stereocenters. The Balaban J connectivity index is 2.71. The molecule has 0 saturated carbocycles. The topological polar surface area (TPSA) is 28.7 Å². The number of hydrogen-bond donors (Lipinski definition) is 1. The van der Waals surface area contributed by atoms with E-state index in [9.17, 15) is 0 Å².